The van der Waals surface area contributed by atoms with Gasteiger partial charge in [0.15, 0.2) is 0 Å². The zero-order valence-electron chi connectivity index (χ0n) is 14.9. The first-order chi connectivity index (χ1) is 13.0. The van der Waals surface area contributed by atoms with Crippen LogP contribution in [0.3, 0.4) is 0 Å². The predicted octanol–water partition coefficient (Wildman–Crippen LogP) is 4.04. The van der Waals surface area contributed by atoms with E-state index >= 15 is 0 Å². The number of hydrogen-bond acceptors (Lipinski definition) is 4. The zero-order chi connectivity index (χ0) is 19.0. The van der Waals surface area contributed by atoms with Crippen LogP contribution in [0.25, 0.3) is 11.3 Å². The highest BCUT2D eigenvalue weighted by Crippen LogP contribution is 2.48. The van der Waals surface area contributed by atoms with Crippen molar-refractivity contribution in [1.82, 2.24) is 14.3 Å². The molecule has 0 unspecified atom stereocenters. The van der Waals surface area contributed by atoms with Crippen molar-refractivity contribution in [3.05, 3.63) is 71.1 Å². The van der Waals surface area contributed by atoms with E-state index in [9.17, 15) is 8.42 Å². The summed E-state index contributed by atoms with van der Waals surface area (Å²) >= 11 is 6.47. The van der Waals surface area contributed by atoms with Gasteiger partial charge in [0.2, 0.25) is 0 Å². The smallest absolute Gasteiger partial charge is 0.269 e. The van der Waals surface area contributed by atoms with Crippen molar-refractivity contribution in [2.75, 3.05) is 7.05 Å². The minimum Gasteiger partial charge on any atom is -0.316 e. The van der Waals surface area contributed by atoms with Crippen molar-refractivity contribution in [2.24, 2.45) is 0 Å². The van der Waals surface area contributed by atoms with Gasteiger partial charge in [-0.05, 0) is 55.1 Å². The van der Waals surface area contributed by atoms with E-state index < -0.39 is 10.0 Å². The van der Waals surface area contributed by atoms with E-state index in [1.165, 1.54) is 10.2 Å². The fraction of sp³-hybridized carbons (Fsp3) is 0.250. The molecule has 5 nitrogen and oxygen atoms in total. The van der Waals surface area contributed by atoms with Gasteiger partial charge in [-0.1, -0.05) is 29.8 Å². The Kier molecular flexibility index (Phi) is 4.80. The Morgan fingerprint density at radius 2 is 2.00 bits per heavy atom. The Morgan fingerprint density at radius 3 is 2.63 bits per heavy atom. The predicted molar refractivity (Wildman–Crippen MR) is 106 cm³/mol. The molecule has 1 aromatic carbocycles. The second-order valence-corrected chi connectivity index (χ2v) is 8.91. The first kappa shape index (κ1) is 18.2. The average molecular weight is 402 g/mol. The number of hydrogen-bond donors (Lipinski definition) is 1. The number of pyridine rings is 1. The summed E-state index contributed by atoms with van der Waals surface area (Å²) in [7, 11) is -1.93. The summed E-state index contributed by atoms with van der Waals surface area (Å²) in [4.78, 5) is 4.14. The Morgan fingerprint density at radius 1 is 1.22 bits per heavy atom. The van der Waals surface area contributed by atoms with E-state index in [2.05, 4.69) is 10.3 Å². The minimum atomic E-state index is -3.79. The summed E-state index contributed by atoms with van der Waals surface area (Å²) in [5.74, 6) is 0.366. The molecule has 1 fully saturated rings. The van der Waals surface area contributed by atoms with Crippen molar-refractivity contribution in [2.45, 2.75) is 30.2 Å². The maximum absolute atomic E-state index is 13.4. The van der Waals surface area contributed by atoms with Gasteiger partial charge in [0.05, 0.1) is 5.69 Å². The third kappa shape index (κ3) is 3.29. The molecule has 0 radical (unpaired) electrons. The second kappa shape index (κ2) is 7.11. The quantitative estimate of drug-likeness (QED) is 0.677. The Hall–Kier alpha value is -2.15. The van der Waals surface area contributed by atoms with Crippen LogP contribution in [0.15, 0.2) is 59.9 Å². The maximum Gasteiger partial charge on any atom is 0.269 e. The molecule has 1 aliphatic carbocycles. The Labute approximate surface area is 164 Å². The first-order valence-corrected chi connectivity index (χ1v) is 10.6. The lowest BCUT2D eigenvalue weighted by Crippen LogP contribution is -2.14. The lowest BCUT2D eigenvalue weighted by atomic mass is 10.0. The molecule has 2 aromatic heterocycles. The molecule has 1 saturated carbocycles. The van der Waals surface area contributed by atoms with Gasteiger partial charge in [-0.15, -0.1) is 0 Å². The zero-order valence-corrected chi connectivity index (χ0v) is 16.5. The van der Waals surface area contributed by atoms with Crippen molar-refractivity contribution in [3.8, 4) is 11.3 Å². The summed E-state index contributed by atoms with van der Waals surface area (Å²) in [5, 5.41) is 3.69. The van der Waals surface area contributed by atoms with E-state index in [0.717, 1.165) is 29.5 Å². The van der Waals surface area contributed by atoms with Crippen LogP contribution in [-0.2, 0) is 16.6 Å². The third-order valence-corrected chi connectivity index (χ3v) is 6.74. The molecular formula is C20H20ClN3O2S. The number of benzene rings is 1. The van der Waals surface area contributed by atoms with E-state index in [1.54, 1.807) is 30.6 Å². The van der Waals surface area contributed by atoms with Crippen molar-refractivity contribution in [1.29, 1.82) is 0 Å². The van der Waals surface area contributed by atoms with Gasteiger partial charge in [0, 0.05) is 35.7 Å². The molecule has 4 rings (SSSR count). The lowest BCUT2D eigenvalue weighted by Gasteiger charge is -2.14. The number of nitrogens with one attached hydrogen (secondary N) is 1. The largest absolute Gasteiger partial charge is 0.316 e. The number of nitrogens with zero attached hydrogens (tertiary/aromatic N) is 2. The van der Waals surface area contributed by atoms with Gasteiger partial charge in [0.25, 0.3) is 10.0 Å². The van der Waals surface area contributed by atoms with Crippen LogP contribution in [0.2, 0.25) is 5.02 Å². The normalized spacial score (nSPS) is 14.4. The first-order valence-electron chi connectivity index (χ1n) is 8.83. The number of rotatable bonds is 6. The van der Waals surface area contributed by atoms with Gasteiger partial charge < -0.3 is 5.32 Å². The molecule has 0 saturated heterocycles. The molecule has 0 spiro atoms. The van der Waals surface area contributed by atoms with Crippen LogP contribution < -0.4 is 5.32 Å². The van der Waals surface area contributed by atoms with Gasteiger partial charge >= 0.3 is 0 Å². The summed E-state index contributed by atoms with van der Waals surface area (Å²) < 4.78 is 28.2. The summed E-state index contributed by atoms with van der Waals surface area (Å²) in [6.45, 7) is 0.596. The fourth-order valence-electron chi connectivity index (χ4n) is 3.43. The third-order valence-electron chi connectivity index (χ3n) is 4.77. The molecule has 0 atom stereocenters. The average Bonchev–Trinajstić information content (AvgIpc) is 3.44. The highest BCUT2D eigenvalue weighted by molar-refractivity contribution is 7.90. The SMILES string of the molecule is CNCc1cn(S(=O)(=O)c2cccnc2)c(-c2ccccc2Cl)c1C1CC1. The Bertz CT molecular complexity index is 1070. The van der Waals surface area contributed by atoms with E-state index in [-0.39, 0.29) is 4.90 Å². The molecule has 1 aliphatic rings. The number of aromatic nitrogens is 2. The minimum absolute atomic E-state index is 0.159. The second-order valence-electron chi connectivity index (χ2n) is 6.69. The summed E-state index contributed by atoms with van der Waals surface area (Å²) in [5.41, 5.74) is 3.46. The van der Waals surface area contributed by atoms with E-state index in [1.807, 2.05) is 25.2 Å². The molecule has 0 amide bonds. The highest BCUT2D eigenvalue weighted by atomic mass is 35.5. The molecule has 3 aromatic rings. The molecule has 7 heteroatoms. The standard InChI is InChI=1S/C20H20ClN3O2S/c1-22-11-15-13-24(27(25,26)16-5-4-10-23-12-16)20(19(15)14-8-9-14)17-6-2-3-7-18(17)21/h2-7,10,12-14,22H,8-9,11H2,1H3. The van der Waals surface area contributed by atoms with Crippen LogP contribution in [0, 0.1) is 0 Å². The molecule has 2 heterocycles. The van der Waals surface area contributed by atoms with Crippen molar-refractivity contribution in [3.63, 3.8) is 0 Å². The molecule has 1 N–H and O–H groups in total. The van der Waals surface area contributed by atoms with E-state index in [4.69, 9.17) is 11.6 Å². The van der Waals surface area contributed by atoms with Gasteiger partial charge in [-0.3, -0.25) is 4.98 Å². The summed E-state index contributed by atoms with van der Waals surface area (Å²) in [6, 6.07) is 10.6. The maximum atomic E-state index is 13.4. The Balaban J connectivity index is 2.02. The molecule has 0 bridgehead atoms. The monoisotopic (exact) mass is 401 g/mol. The van der Waals surface area contributed by atoms with Crippen LogP contribution in [0.4, 0.5) is 0 Å². The molecule has 0 aliphatic heterocycles. The summed E-state index contributed by atoms with van der Waals surface area (Å²) in [6.07, 6.45) is 6.79. The van der Waals surface area contributed by atoms with Gasteiger partial charge in [-0.2, -0.15) is 0 Å². The van der Waals surface area contributed by atoms with Crippen molar-refractivity contribution >= 4 is 21.6 Å². The van der Waals surface area contributed by atoms with Gasteiger partial charge in [-0.25, -0.2) is 12.4 Å². The van der Waals surface area contributed by atoms with E-state index in [0.29, 0.717) is 23.2 Å². The van der Waals surface area contributed by atoms with Crippen LogP contribution in [0.1, 0.15) is 29.9 Å². The number of halogens is 1. The van der Waals surface area contributed by atoms with Crippen LogP contribution in [0.5, 0.6) is 0 Å². The molecule has 140 valence electrons. The van der Waals surface area contributed by atoms with Gasteiger partial charge in [0.1, 0.15) is 4.90 Å². The highest BCUT2D eigenvalue weighted by Gasteiger charge is 2.35. The fourth-order valence-corrected chi connectivity index (χ4v) is 5.03. The topological polar surface area (TPSA) is 64.0 Å². The molecule has 27 heavy (non-hydrogen) atoms. The molecular weight excluding hydrogens is 382 g/mol. The van der Waals surface area contributed by atoms with Crippen LogP contribution >= 0.6 is 11.6 Å². The lowest BCUT2D eigenvalue weighted by molar-refractivity contribution is 0.587. The van der Waals surface area contributed by atoms with Crippen LogP contribution in [-0.4, -0.2) is 24.4 Å². The van der Waals surface area contributed by atoms with Crippen molar-refractivity contribution < 1.29 is 8.42 Å².